The van der Waals surface area contributed by atoms with E-state index in [0.29, 0.717) is 5.92 Å². The molecule has 0 saturated carbocycles. The van der Waals surface area contributed by atoms with E-state index in [1.165, 1.54) is 5.56 Å². The molecule has 1 rings (SSSR count). The van der Waals surface area contributed by atoms with Gasteiger partial charge in [-0.15, -0.1) is 0 Å². The number of hydrogen-bond acceptors (Lipinski definition) is 3. The minimum atomic E-state index is -0.126. The lowest BCUT2D eigenvalue weighted by Crippen LogP contribution is -2.24. The van der Waals surface area contributed by atoms with E-state index in [2.05, 4.69) is 32.9 Å². The van der Waals surface area contributed by atoms with Gasteiger partial charge in [0.05, 0.1) is 7.11 Å². The van der Waals surface area contributed by atoms with Crippen molar-refractivity contribution in [2.24, 2.45) is 11.7 Å². The predicted octanol–water partition coefficient (Wildman–Crippen LogP) is 3.15. The Labute approximate surface area is 116 Å². The molecule has 0 saturated heterocycles. The van der Waals surface area contributed by atoms with E-state index in [4.69, 9.17) is 10.5 Å². The van der Waals surface area contributed by atoms with Crippen molar-refractivity contribution >= 4 is 0 Å². The maximum Gasteiger partial charge on any atom is 0.122 e. The zero-order valence-corrected chi connectivity index (χ0v) is 12.7. The van der Waals surface area contributed by atoms with Crippen molar-refractivity contribution in [1.82, 2.24) is 0 Å². The Morgan fingerprint density at radius 3 is 2.32 bits per heavy atom. The molecule has 19 heavy (non-hydrogen) atoms. The Balaban J connectivity index is 3.24. The molecule has 2 unspecified atom stereocenters. The van der Waals surface area contributed by atoms with Crippen molar-refractivity contribution < 1.29 is 9.84 Å². The third-order valence-corrected chi connectivity index (χ3v) is 3.87. The Hall–Kier alpha value is -1.06. The summed E-state index contributed by atoms with van der Waals surface area (Å²) in [5, 5.41) is 9.42. The van der Waals surface area contributed by atoms with Gasteiger partial charge >= 0.3 is 0 Å². The zero-order chi connectivity index (χ0) is 14.6. The number of aliphatic hydroxyl groups excluding tert-OH is 1. The summed E-state index contributed by atoms with van der Waals surface area (Å²) in [6.07, 6.45) is 0.875. The summed E-state index contributed by atoms with van der Waals surface area (Å²) in [6.45, 7) is 8.52. The summed E-state index contributed by atoms with van der Waals surface area (Å²) < 4.78 is 5.45. The molecule has 3 N–H and O–H groups in total. The Morgan fingerprint density at radius 1 is 1.26 bits per heavy atom. The highest BCUT2D eigenvalue weighted by atomic mass is 16.5. The van der Waals surface area contributed by atoms with Gasteiger partial charge in [-0.05, 0) is 42.0 Å². The second-order valence-corrected chi connectivity index (χ2v) is 5.48. The normalized spacial score (nSPS) is 14.5. The molecular formula is C16H27NO2. The lowest BCUT2D eigenvalue weighted by Gasteiger charge is -2.25. The topological polar surface area (TPSA) is 55.5 Å². The molecule has 1 aromatic carbocycles. The number of hydrogen-bond donors (Lipinski definition) is 2. The Morgan fingerprint density at radius 2 is 1.89 bits per heavy atom. The average molecular weight is 265 g/mol. The van der Waals surface area contributed by atoms with Gasteiger partial charge in [0.25, 0.3) is 0 Å². The quantitative estimate of drug-likeness (QED) is 0.830. The first-order chi connectivity index (χ1) is 8.96. The molecule has 0 bridgehead atoms. The molecular weight excluding hydrogens is 238 g/mol. The highest BCUT2D eigenvalue weighted by Crippen LogP contribution is 2.33. The molecule has 0 fully saturated rings. The van der Waals surface area contributed by atoms with Gasteiger partial charge in [-0.3, -0.25) is 0 Å². The van der Waals surface area contributed by atoms with Gasteiger partial charge in [-0.1, -0.05) is 26.8 Å². The Bertz CT molecular complexity index is 411. The first-order valence-corrected chi connectivity index (χ1v) is 7.01. The molecule has 0 amide bonds. The molecule has 0 spiro atoms. The number of ether oxygens (including phenoxy) is 1. The van der Waals surface area contributed by atoms with Crippen LogP contribution in [0.2, 0.25) is 0 Å². The largest absolute Gasteiger partial charge is 0.496 e. The molecule has 108 valence electrons. The molecule has 3 nitrogen and oxygen atoms in total. The van der Waals surface area contributed by atoms with E-state index in [1.54, 1.807) is 7.11 Å². The van der Waals surface area contributed by atoms with Crippen molar-refractivity contribution in [2.45, 2.75) is 46.1 Å². The molecule has 0 heterocycles. The number of rotatable bonds is 6. The van der Waals surface area contributed by atoms with Gasteiger partial charge in [0.15, 0.2) is 0 Å². The minimum absolute atomic E-state index is 0.104. The van der Waals surface area contributed by atoms with E-state index in [0.717, 1.165) is 23.3 Å². The van der Waals surface area contributed by atoms with Crippen LogP contribution in [0.1, 0.15) is 55.8 Å². The van der Waals surface area contributed by atoms with Crippen molar-refractivity contribution in [1.29, 1.82) is 0 Å². The summed E-state index contributed by atoms with van der Waals surface area (Å²) in [6, 6.07) is 4.06. The maximum absolute atomic E-state index is 9.42. The fourth-order valence-corrected chi connectivity index (χ4v) is 2.45. The van der Waals surface area contributed by atoms with Crippen LogP contribution in [-0.2, 0) is 0 Å². The zero-order valence-electron chi connectivity index (χ0n) is 12.7. The highest BCUT2D eigenvalue weighted by Gasteiger charge is 2.21. The summed E-state index contributed by atoms with van der Waals surface area (Å²) >= 11 is 0. The van der Waals surface area contributed by atoms with Gasteiger partial charge in [0.2, 0.25) is 0 Å². The standard InChI is InChI=1S/C16H27NO2/c1-6-12(9-18)16(17)14-8-13(10(2)3)15(19-5)7-11(14)4/h7-8,10,12,16,18H,6,9,17H2,1-5H3. The van der Waals surface area contributed by atoms with Crippen LogP contribution < -0.4 is 10.5 Å². The predicted molar refractivity (Wildman–Crippen MR) is 79.6 cm³/mol. The van der Waals surface area contributed by atoms with Gasteiger partial charge in [-0.25, -0.2) is 0 Å². The summed E-state index contributed by atoms with van der Waals surface area (Å²) in [5.74, 6) is 1.41. The SMILES string of the molecule is CCC(CO)C(N)c1cc(C(C)C)c(OC)cc1C. The first-order valence-electron chi connectivity index (χ1n) is 7.01. The highest BCUT2D eigenvalue weighted by molar-refractivity contribution is 5.45. The number of nitrogens with two attached hydrogens (primary N) is 1. The maximum atomic E-state index is 9.42. The number of methoxy groups -OCH3 is 1. The van der Waals surface area contributed by atoms with Crippen molar-refractivity contribution in [2.75, 3.05) is 13.7 Å². The monoisotopic (exact) mass is 265 g/mol. The Kier molecular flexibility index (Phi) is 5.83. The van der Waals surface area contributed by atoms with Crippen molar-refractivity contribution in [3.63, 3.8) is 0 Å². The van der Waals surface area contributed by atoms with Gasteiger partial charge < -0.3 is 15.6 Å². The fourth-order valence-electron chi connectivity index (χ4n) is 2.45. The van der Waals surface area contributed by atoms with E-state index in [-0.39, 0.29) is 18.6 Å². The summed E-state index contributed by atoms with van der Waals surface area (Å²) in [5.41, 5.74) is 9.74. The molecule has 0 aromatic heterocycles. The van der Waals surface area contributed by atoms with Crippen LogP contribution in [0.5, 0.6) is 5.75 Å². The van der Waals surface area contributed by atoms with Crippen LogP contribution in [0.3, 0.4) is 0 Å². The summed E-state index contributed by atoms with van der Waals surface area (Å²) in [4.78, 5) is 0. The van der Waals surface area contributed by atoms with E-state index < -0.39 is 0 Å². The third-order valence-electron chi connectivity index (χ3n) is 3.87. The molecule has 2 atom stereocenters. The first kappa shape index (κ1) is 16.0. The van der Waals surface area contributed by atoms with Crippen LogP contribution >= 0.6 is 0 Å². The van der Waals surface area contributed by atoms with E-state index >= 15 is 0 Å². The van der Waals surface area contributed by atoms with Crippen LogP contribution in [0.4, 0.5) is 0 Å². The average Bonchev–Trinajstić information content (AvgIpc) is 2.39. The van der Waals surface area contributed by atoms with Gasteiger partial charge in [0, 0.05) is 18.6 Å². The van der Waals surface area contributed by atoms with E-state index in [9.17, 15) is 5.11 Å². The lowest BCUT2D eigenvalue weighted by atomic mass is 9.87. The molecule has 3 heteroatoms. The second kappa shape index (κ2) is 6.92. The molecule has 0 aliphatic carbocycles. The molecule has 1 aromatic rings. The van der Waals surface area contributed by atoms with E-state index in [1.807, 2.05) is 6.92 Å². The van der Waals surface area contributed by atoms with Crippen molar-refractivity contribution in [3.8, 4) is 5.75 Å². The van der Waals surface area contributed by atoms with Gasteiger partial charge in [0.1, 0.15) is 5.75 Å². The number of aliphatic hydroxyl groups is 1. The number of aryl methyl sites for hydroxylation is 1. The van der Waals surface area contributed by atoms with Crippen LogP contribution in [0.25, 0.3) is 0 Å². The van der Waals surface area contributed by atoms with Crippen LogP contribution in [0.15, 0.2) is 12.1 Å². The third kappa shape index (κ3) is 3.48. The second-order valence-electron chi connectivity index (χ2n) is 5.48. The lowest BCUT2D eigenvalue weighted by molar-refractivity contribution is 0.200. The minimum Gasteiger partial charge on any atom is -0.496 e. The van der Waals surface area contributed by atoms with Crippen LogP contribution in [0, 0.1) is 12.8 Å². The number of benzene rings is 1. The van der Waals surface area contributed by atoms with Crippen LogP contribution in [-0.4, -0.2) is 18.8 Å². The van der Waals surface area contributed by atoms with Crippen molar-refractivity contribution in [3.05, 3.63) is 28.8 Å². The fraction of sp³-hybridized carbons (Fsp3) is 0.625. The summed E-state index contributed by atoms with van der Waals surface area (Å²) in [7, 11) is 1.70. The molecule has 0 aliphatic rings. The van der Waals surface area contributed by atoms with Gasteiger partial charge in [-0.2, -0.15) is 0 Å². The molecule has 0 aliphatic heterocycles. The smallest absolute Gasteiger partial charge is 0.122 e. The molecule has 0 radical (unpaired) electrons.